The van der Waals surface area contributed by atoms with Gasteiger partial charge in [0.15, 0.2) is 0 Å². The van der Waals surface area contributed by atoms with Crippen molar-refractivity contribution in [1.82, 2.24) is 0 Å². The molecule has 0 radical (unpaired) electrons. The second kappa shape index (κ2) is 7.38. The number of nitrogens with one attached hydrogen (secondary N) is 1. The summed E-state index contributed by atoms with van der Waals surface area (Å²) in [6.07, 6.45) is 1.80. The van der Waals surface area contributed by atoms with Gasteiger partial charge in [0, 0.05) is 5.57 Å². The third-order valence-electron chi connectivity index (χ3n) is 3.56. The van der Waals surface area contributed by atoms with E-state index < -0.39 is 5.82 Å². The quantitative estimate of drug-likeness (QED) is 0.532. The van der Waals surface area contributed by atoms with Crippen molar-refractivity contribution in [2.24, 2.45) is 0 Å². The first-order chi connectivity index (χ1) is 11.7. The van der Waals surface area contributed by atoms with Crippen LogP contribution >= 0.6 is 0 Å². The third-order valence-corrected chi connectivity index (χ3v) is 3.56. The highest BCUT2D eigenvalue weighted by Gasteiger charge is 2.14. The van der Waals surface area contributed by atoms with E-state index in [9.17, 15) is 9.18 Å². The Hall–Kier alpha value is -3.20. The van der Waals surface area contributed by atoms with E-state index in [1.54, 1.807) is 24.3 Å². The summed E-state index contributed by atoms with van der Waals surface area (Å²) in [5, 5.41) is 2.65. The van der Waals surface area contributed by atoms with Crippen LogP contribution in [0.25, 0.3) is 11.6 Å². The number of carbonyl (C=O) groups is 1. The largest absolute Gasteiger partial charge is 0.319 e. The lowest BCUT2D eigenvalue weighted by atomic mass is 10.0. The maximum Gasteiger partial charge on any atom is 0.256 e. The lowest BCUT2D eigenvalue weighted by Gasteiger charge is -2.10. The van der Waals surface area contributed by atoms with Crippen LogP contribution < -0.4 is 5.32 Å². The van der Waals surface area contributed by atoms with Crippen molar-refractivity contribution in [2.75, 3.05) is 5.32 Å². The predicted molar refractivity (Wildman–Crippen MR) is 95.8 cm³/mol. The molecule has 0 aliphatic heterocycles. The second-order valence-electron chi connectivity index (χ2n) is 5.27. The number of rotatable bonds is 4. The molecule has 0 aliphatic rings. The molecule has 3 aromatic carbocycles. The molecule has 3 rings (SSSR count). The van der Waals surface area contributed by atoms with Gasteiger partial charge in [-0.15, -0.1) is 0 Å². The summed E-state index contributed by atoms with van der Waals surface area (Å²) >= 11 is 0. The Bertz CT molecular complexity index is 857. The molecule has 3 heteroatoms. The van der Waals surface area contributed by atoms with E-state index in [4.69, 9.17) is 0 Å². The van der Waals surface area contributed by atoms with Crippen LogP contribution in [0.5, 0.6) is 0 Å². The number of hydrogen-bond donors (Lipinski definition) is 1. The number of para-hydroxylation sites is 1. The van der Waals surface area contributed by atoms with Gasteiger partial charge in [0.25, 0.3) is 5.91 Å². The van der Waals surface area contributed by atoms with Gasteiger partial charge in [-0.25, -0.2) is 4.39 Å². The van der Waals surface area contributed by atoms with E-state index in [0.717, 1.165) is 11.1 Å². The van der Waals surface area contributed by atoms with Crippen LogP contribution in [0.3, 0.4) is 0 Å². The molecule has 3 aromatic rings. The van der Waals surface area contributed by atoms with Gasteiger partial charge in [-0.2, -0.15) is 0 Å². The van der Waals surface area contributed by atoms with Crippen LogP contribution in [0.15, 0.2) is 84.9 Å². The van der Waals surface area contributed by atoms with Gasteiger partial charge in [0.2, 0.25) is 0 Å². The molecular formula is C21H16FNO. The van der Waals surface area contributed by atoms with Crippen LogP contribution in [0.1, 0.15) is 11.1 Å². The van der Waals surface area contributed by atoms with Crippen molar-refractivity contribution in [3.63, 3.8) is 0 Å². The molecule has 0 saturated heterocycles. The van der Waals surface area contributed by atoms with Crippen molar-refractivity contribution in [1.29, 1.82) is 0 Å². The first-order valence-corrected chi connectivity index (χ1v) is 7.62. The Morgan fingerprint density at radius 2 is 1.38 bits per heavy atom. The van der Waals surface area contributed by atoms with Crippen molar-refractivity contribution < 1.29 is 9.18 Å². The second-order valence-corrected chi connectivity index (χ2v) is 5.27. The molecule has 0 aromatic heterocycles. The summed E-state index contributed by atoms with van der Waals surface area (Å²) in [7, 11) is 0. The van der Waals surface area contributed by atoms with Gasteiger partial charge < -0.3 is 5.32 Å². The molecule has 0 atom stereocenters. The van der Waals surface area contributed by atoms with Crippen LogP contribution in [-0.2, 0) is 4.79 Å². The molecule has 0 fully saturated rings. The smallest absolute Gasteiger partial charge is 0.256 e. The molecule has 1 N–H and O–H groups in total. The van der Waals surface area contributed by atoms with Gasteiger partial charge in [0.1, 0.15) is 5.82 Å². The van der Waals surface area contributed by atoms with E-state index in [-0.39, 0.29) is 11.6 Å². The van der Waals surface area contributed by atoms with E-state index in [2.05, 4.69) is 5.32 Å². The molecule has 24 heavy (non-hydrogen) atoms. The summed E-state index contributed by atoms with van der Waals surface area (Å²) in [6, 6.07) is 25.0. The minimum Gasteiger partial charge on any atom is -0.319 e. The minimum atomic E-state index is -0.460. The average Bonchev–Trinajstić information content (AvgIpc) is 2.63. The van der Waals surface area contributed by atoms with Crippen LogP contribution in [0, 0.1) is 5.82 Å². The minimum absolute atomic E-state index is 0.164. The van der Waals surface area contributed by atoms with Crippen molar-refractivity contribution >= 4 is 23.2 Å². The summed E-state index contributed by atoms with van der Waals surface area (Å²) in [4.78, 5) is 12.7. The summed E-state index contributed by atoms with van der Waals surface area (Å²) < 4.78 is 13.8. The molecule has 118 valence electrons. The summed E-state index contributed by atoms with van der Waals surface area (Å²) in [5.74, 6) is -0.812. The fourth-order valence-electron chi connectivity index (χ4n) is 2.37. The standard InChI is InChI=1S/C21H16FNO/c22-19-13-7-8-14-20(19)23-21(24)18(17-11-5-2-6-12-17)15-16-9-3-1-4-10-16/h1-15H,(H,23,24)/b18-15-. The fraction of sp³-hybridized carbons (Fsp3) is 0. The zero-order valence-electron chi connectivity index (χ0n) is 12.9. The number of hydrogen-bond acceptors (Lipinski definition) is 1. The molecule has 0 saturated carbocycles. The van der Waals surface area contributed by atoms with E-state index in [0.29, 0.717) is 5.57 Å². The highest BCUT2D eigenvalue weighted by Crippen LogP contribution is 2.21. The lowest BCUT2D eigenvalue weighted by Crippen LogP contribution is -2.14. The van der Waals surface area contributed by atoms with Crippen LogP contribution in [0.2, 0.25) is 0 Å². The van der Waals surface area contributed by atoms with Gasteiger partial charge in [-0.3, -0.25) is 4.79 Å². The Morgan fingerprint density at radius 3 is 2.04 bits per heavy atom. The topological polar surface area (TPSA) is 29.1 Å². The molecular weight excluding hydrogens is 301 g/mol. The zero-order valence-corrected chi connectivity index (χ0v) is 12.9. The summed E-state index contributed by atoms with van der Waals surface area (Å²) in [6.45, 7) is 0. The van der Waals surface area contributed by atoms with Crippen molar-refractivity contribution in [3.8, 4) is 0 Å². The first-order valence-electron chi connectivity index (χ1n) is 7.62. The van der Waals surface area contributed by atoms with E-state index in [1.165, 1.54) is 6.07 Å². The van der Waals surface area contributed by atoms with E-state index >= 15 is 0 Å². The number of carbonyl (C=O) groups excluding carboxylic acids is 1. The molecule has 0 spiro atoms. The number of amides is 1. The number of benzene rings is 3. The number of halogens is 1. The predicted octanol–water partition coefficient (Wildman–Crippen LogP) is 5.01. The molecule has 2 nitrogen and oxygen atoms in total. The summed E-state index contributed by atoms with van der Waals surface area (Å²) in [5.41, 5.74) is 2.32. The van der Waals surface area contributed by atoms with Gasteiger partial charge in [-0.1, -0.05) is 72.8 Å². The number of anilines is 1. The average molecular weight is 317 g/mol. The van der Waals surface area contributed by atoms with Gasteiger partial charge >= 0.3 is 0 Å². The highest BCUT2D eigenvalue weighted by atomic mass is 19.1. The Morgan fingerprint density at radius 1 is 0.792 bits per heavy atom. The maximum atomic E-state index is 13.8. The Balaban J connectivity index is 1.97. The first kappa shape index (κ1) is 15.7. The fourth-order valence-corrected chi connectivity index (χ4v) is 2.37. The monoisotopic (exact) mass is 317 g/mol. The molecule has 0 unspecified atom stereocenters. The highest BCUT2D eigenvalue weighted by molar-refractivity contribution is 6.29. The molecule has 0 heterocycles. The Kier molecular flexibility index (Phi) is 4.82. The Labute approximate surface area is 140 Å². The van der Waals surface area contributed by atoms with Crippen LogP contribution in [-0.4, -0.2) is 5.91 Å². The SMILES string of the molecule is O=C(Nc1ccccc1F)/C(=C\c1ccccc1)c1ccccc1. The van der Waals surface area contributed by atoms with E-state index in [1.807, 2.05) is 60.7 Å². The molecule has 0 bridgehead atoms. The van der Waals surface area contributed by atoms with Crippen molar-refractivity contribution in [2.45, 2.75) is 0 Å². The van der Waals surface area contributed by atoms with Crippen LogP contribution in [0.4, 0.5) is 10.1 Å². The normalized spacial score (nSPS) is 11.1. The van der Waals surface area contributed by atoms with Crippen molar-refractivity contribution in [3.05, 3.63) is 102 Å². The molecule has 0 aliphatic carbocycles. The third kappa shape index (κ3) is 3.76. The molecule has 1 amide bonds. The van der Waals surface area contributed by atoms with Gasteiger partial charge in [-0.05, 0) is 29.3 Å². The maximum absolute atomic E-state index is 13.8. The van der Waals surface area contributed by atoms with Gasteiger partial charge in [0.05, 0.1) is 5.69 Å². The lowest BCUT2D eigenvalue weighted by molar-refractivity contribution is -0.111. The zero-order chi connectivity index (χ0) is 16.8.